The van der Waals surface area contributed by atoms with Crippen LogP contribution in [0.2, 0.25) is 0 Å². The quantitative estimate of drug-likeness (QED) is 0.573. The van der Waals surface area contributed by atoms with Crippen LogP contribution in [-0.2, 0) is 25.1 Å². The highest BCUT2D eigenvalue weighted by Crippen LogP contribution is 2.44. The van der Waals surface area contributed by atoms with Crippen molar-refractivity contribution in [1.82, 2.24) is 10.1 Å². The van der Waals surface area contributed by atoms with Crippen molar-refractivity contribution in [3.63, 3.8) is 0 Å². The van der Waals surface area contributed by atoms with Crippen molar-refractivity contribution in [1.29, 1.82) is 0 Å². The van der Waals surface area contributed by atoms with Crippen molar-refractivity contribution in [2.45, 2.75) is 82.9 Å². The second kappa shape index (κ2) is 9.07. The molecule has 2 aromatic rings. The van der Waals surface area contributed by atoms with Crippen molar-refractivity contribution < 1.29 is 26.8 Å². The van der Waals surface area contributed by atoms with Crippen LogP contribution < -0.4 is 0 Å². The molecule has 1 saturated heterocycles. The third-order valence-electron chi connectivity index (χ3n) is 6.79. The maximum Gasteiger partial charge on any atom is 0.255 e. The molecule has 0 N–H and O–H groups in total. The molecule has 2 heterocycles. The molecular weight excluding hydrogens is 447 g/mol. The lowest BCUT2D eigenvalue weighted by atomic mass is 9.73. The molecule has 2 fully saturated rings. The van der Waals surface area contributed by atoms with Crippen LogP contribution in [0.1, 0.15) is 76.9 Å². The number of ether oxygens (including phenoxy) is 2. The highest BCUT2D eigenvalue weighted by atomic mass is 32.2. The summed E-state index contributed by atoms with van der Waals surface area (Å²) in [6.07, 6.45) is 6.94. The second-order valence-electron chi connectivity index (χ2n) is 10.4. The van der Waals surface area contributed by atoms with Crippen LogP contribution in [0.15, 0.2) is 22.7 Å². The second-order valence-corrected chi connectivity index (χ2v) is 12.6. The number of benzene rings is 1. The first-order valence-corrected chi connectivity index (χ1v) is 13.6. The summed E-state index contributed by atoms with van der Waals surface area (Å²) in [6, 6.07) is 4.26. The molecule has 1 saturated carbocycles. The summed E-state index contributed by atoms with van der Waals surface area (Å²) in [5, 5.41) is 3.96. The fourth-order valence-electron chi connectivity index (χ4n) is 4.66. The number of nitrogens with zero attached hydrogens (tertiary/aromatic N) is 2. The van der Waals surface area contributed by atoms with E-state index < -0.39 is 15.7 Å². The molecule has 7 nitrogen and oxygen atoms in total. The fraction of sp³-hybridized carbons (Fsp3) is 0.667. The Hall–Kier alpha value is -1.84. The standard InChI is InChI=1S/C24H33FN2O5S/c1-16(31-19-7-9-24(10-8-19)12-11-23(2,3)15-30-24)22-26-21(27-32-22)17-5-6-18(20(25)13-17)14-33(4,28)29/h5-6,13,16,19H,7-12,14-15H2,1-4H3. The summed E-state index contributed by atoms with van der Waals surface area (Å²) in [4.78, 5) is 4.38. The van der Waals surface area contributed by atoms with Crippen LogP contribution in [0.5, 0.6) is 0 Å². The number of hydrogen-bond donors (Lipinski definition) is 0. The van der Waals surface area contributed by atoms with Gasteiger partial charge in [-0.15, -0.1) is 0 Å². The molecular formula is C24H33FN2O5S. The summed E-state index contributed by atoms with van der Waals surface area (Å²) in [5.74, 6) is -0.391. The fourth-order valence-corrected chi connectivity index (χ4v) is 5.46. The normalized spacial score (nSPS) is 26.4. The minimum Gasteiger partial charge on any atom is -0.374 e. The Morgan fingerprint density at radius 2 is 1.94 bits per heavy atom. The van der Waals surface area contributed by atoms with E-state index in [9.17, 15) is 12.8 Å². The summed E-state index contributed by atoms with van der Waals surface area (Å²) >= 11 is 0. The van der Waals surface area contributed by atoms with Gasteiger partial charge >= 0.3 is 0 Å². The van der Waals surface area contributed by atoms with Gasteiger partial charge in [0.2, 0.25) is 5.82 Å². The van der Waals surface area contributed by atoms with Gasteiger partial charge in [-0.1, -0.05) is 31.1 Å². The van der Waals surface area contributed by atoms with E-state index in [1.807, 2.05) is 6.92 Å². The zero-order chi connectivity index (χ0) is 23.9. The molecule has 1 aliphatic carbocycles. The highest BCUT2D eigenvalue weighted by molar-refractivity contribution is 7.89. The van der Waals surface area contributed by atoms with Crippen LogP contribution in [0.3, 0.4) is 0 Å². The minimum atomic E-state index is -3.33. The Morgan fingerprint density at radius 3 is 2.55 bits per heavy atom. The molecule has 1 atom stereocenters. The molecule has 1 aromatic carbocycles. The number of sulfone groups is 1. The molecule has 0 radical (unpaired) electrons. The molecule has 0 amide bonds. The summed E-state index contributed by atoms with van der Waals surface area (Å²) in [5.41, 5.74) is 0.801. The lowest BCUT2D eigenvalue weighted by molar-refractivity contribution is -0.160. The van der Waals surface area contributed by atoms with E-state index in [0.717, 1.165) is 45.0 Å². The Morgan fingerprint density at radius 1 is 1.21 bits per heavy atom. The van der Waals surface area contributed by atoms with E-state index in [0.29, 0.717) is 11.5 Å². The summed E-state index contributed by atoms with van der Waals surface area (Å²) in [7, 11) is -3.33. The van der Waals surface area contributed by atoms with Crippen LogP contribution >= 0.6 is 0 Å². The highest BCUT2D eigenvalue weighted by Gasteiger charge is 2.42. The molecule has 1 aromatic heterocycles. The van der Waals surface area contributed by atoms with E-state index in [2.05, 4.69) is 24.0 Å². The topological polar surface area (TPSA) is 91.5 Å². The van der Waals surface area contributed by atoms with E-state index >= 15 is 0 Å². The molecule has 2 aliphatic rings. The number of aromatic nitrogens is 2. The van der Waals surface area contributed by atoms with Crippen molar-refractivity contribution in [3.8, 4) is 11.4 Å². The number of hydrogen-bond acceptors (Lipinski definition) is 7. The Kier molecular flexibility index (Phi) is 6.68. The largest absolute Gasteiger partial charge is 0.374 e. The van der Waals surface area contributed by atoms with Gasteiger partial charge in [-0.25, -0.2) is 12.8 Å². The van der Waals surface area contributed by atoms with Gasteiger partial charge in [0.25, 0.3) is 5.89 Å². The first kappa shape index (κ1) is 24.3. The Bertz CT molecular complexity index is 1080. The lowest BCUT2D eigenvalue weighted by Gasteiger charge is -2.47. The number of halogens is 1. The predicted molar refractivity (Wildman–Crippen MR) is 122 cm³/mol. The van der Waals surface area contributed by atoms with Gasteiger partial charge in [0.05, 0.1) is 24.1 Å². The molecule has 1 unspecified atom stereocenters. The molecule has 4 rings (SSSR count). The van der Waals surface area contributed by atoms with Crippen molar-refractivity contribution in [2.24, 2.45) is 5.41 Å². The van der Waals surface area contributed by atoms with Crippen molar-refractivity contribution in [3.05, 3.63) is 35.5 Å². The van der Waals surface area contributed by atoms with E-state index in [1.165, 1.54) is 18.6 Å². The first-order chi connectivity index (χ1) is 15.4. The van der Waals surface area contributed by atoms with Crippen LogP contribution in [0, 0.1) is 11.2 Å². The smallest absolute Gasteiger partial charge is 0.255 e. The Labute approximate surface area is 195 Å². The van der Waals surface area contributed by atoms with Gasteiger partial charge in [0.1, 0.15) is 11.9 Å². The maximum atomic E-state index is 14.3. The third kappa shape index (κ3) is 6.00. The molecule has 0 bridgehead atoms. The lowest BCUT2D eigenvalue weighted by Crippen LogP contribution is -2.46. The van der Waals surface area contributed by atoms with Crippen LogP contribution in [0.25, 0.3) is 11.4 Å². The molecule has 33 heavy (non-hydrogen) atoms. The van der Waals surface area contributed by atoms with E-state index in [1.54, 1.807) is 6.07 Å². The first-order valence-electron chi connectivity index (χ1n) is 11.5. The molecule has 1 aliphatic heterocycles. The van der Waals surface area contributed by atoms with E-state index in [-0.39, 0.29) is 40.4 Å². The number of rotatable bonds is 6. The molecule has 182 valence electrons. The minimum absolute atomic E-state index is 0.00359. The average molecular weight is 481 g/mol. The van der Waals surface area contributed by atoms with Gasteiger partial charge in [-0.3, -0.25) is 0 Å². The van der Waals surface area contributed by atoms with Crippen LogP contribution in [-0.4, -0.2) is 43.1 Å². The monoisotopic (exact) mass is 480 g/mol. The predicted octanol–water partition coefficient (Wildman–Crippen LogP) is 5.02. The maximum absolute atomic E-state index is 14.3. The molecule has 9 heteroatoms. The summed E-state index contributed by atoms with van der Waals surface area (Å²) < 4.78 is 55.1. The summed E-state index contributed by atoms with van der Waals surface area (Å²) in [6.45, 7) is 7.20. The third-order valence-corrected chi connectivity index (χ3v) is 7.62. The van der Waals surface area contributed by atoms with E-state index in [4.69, 9.17) is 14.0 Å². The van der Waals surface area contributed by atoms with Crippen molar-refractivity contribution in [2.75, 3.05) is 12.9 Å². The zero-order valence-corrected chi connectivity index (χ0v) is 20.6. The van der Waals surface area contributed by atoms with Gasteiger partial charge in [0, 0.05) is 17.4 Å². The Balaban J connectivity index is 1.34. The van der Waals surface area contributed by atoms with Crippen LogP contribution in [0.4, 0.5) is 4.39 Å². The van der Waals surface area contributed by atoms with Gasteiger partial charge in [-0.2, -0.15) is 4.98 Å². The SMILES string of the molecule is CC(OC1CCC2(CC1)CCC(C)(C)CO2)c1nc(-c2ccc(CS(C)(=O)=O)c(F)c2)no1. The zero-order valence-electron chi connectivity index (χ0n) is 19.8. The van der Waals surface area contributed by atoms with Crippen molar-refractivity contribution >= 4 is 9.84 Å². The van der Waals surface area contributed by atoms with Gasteiger partial charge < -0.3 is 14.0 Å². The average Bonchev–Trinajstić information content (AvgIpc) is 3.23. The molecule has 1 spiro atoms. The van der Waals surface area contributed by atoms with Gasteiger partial charge in [0.15, 0.2) is 9.84 Å². The van der Waals surface area contributed by atoms with Gasteiger partial charge in [-0.05, 0) is 56.9 Å².